The molecule has 3 heterocycles. The molecule has 0 bridgehead atoms. The molecule has 1 N–H and O–H groups in total. The lowest BCUT2D eigenvalue weighted by Crippen LogP contribution is -2.55. The average Bonchev–Trinajstić information content (AvgIpc) is 2.91. The molecule has 3 rings (SSSR count). The summed E-state index contributed by atoms with van der Waals surface area (Å²) in [4.78, 5) is 25.2. The number of nitrogens with zero attached hydrogens (tertiary/aromatic N) is 2. The number of nitrogens with one attached hydrogen (secondary N) is 1. The number of likely N-dealkylation sites (tertiary alicyclic amines) is 1. The van der Waals surface area contributed by atoms with Crippen LogP contribution in [0.15, 0.2) is 16.8 Å². The van der Waals surface area contributed by atoms with E-state index in [4.69, 9.17) is 4.52 Å². The van der Waals surface area contributed by atoms with Crippen molar-refractivity contribution in [3.05, 3.63) is 18.0 Å². The largest absolute Gasteiger partial charge is 0.353 e. The van der Waals surface area contributed by atoms with Gasteiger partial charge in [0.15, 0.2) is 0 Å². The van der Waals surface area contributed by atoms with E-state index in [1.54, 1.807) is 11.0 Å². The number of piperidine rings is 2. The van der Waals surface area contributed by atoms with Gasteiger partial charge in [0.2, 0.25) is 11.7 Å². The number of hydrogen-bond acceptors (Lipinski definition) is 4. The van der Waals surface area contributed by atoms with Crippen molar-refractivity contribution in [2.45, 2.75) is 25.3 Å². The fraction of sp³-hybridized carbons (Fsp3) is 0.583. The van der Waals surface area contributed by atoms with Crippen LogP contribution < -0.4 is 5.32 Å². The van der Waals surface area contributed by atoms with Crippen LogP contribution in [0.5, 0.6) is 0 Å². The number of aromatic nitrogens is 1. The molecule has 0 aromatic carbocycles. The summed E-state index contributed by atoms with van der Waals surface area (Å²) in [7, 11) is 0. The molecule has 6 heteroatoms. The highest BCUT2D eigenvalue weighted by Crippen LogP contribution is 2.26. The van der Waals surface area contributed by atoms with Crippen LogP contribution in [0.4, 0.5) is 0 Å². The molecule has 2 atom stereocenters. The van der Waals surface area contributed by atoms with Crippen LogP contribution in [0.25, 0.3) is 0 Å². The molecule has 0 aliphatic carbocycles. The molecule has 96 valence electrons. The number of fused-ring (bicyclic) bond motifs is 1. The summed E-state index contributed by atoms with van der Waals surface area (Å²) < 4.78 is 4.89. The molecule has 2 fully saturated rings. The Hall–Kier alpha value is -1.85. The van der Waals surface area contributed by atoms with Gasteiger partial charge in [0.25, 0.3) is 5.91 Å². The molecule has 6 nitrogen and oxygen atoms in total. The highest BCUT2D eigenvalue weighted by atomic mass is 16.5. The van der Waals surface area contributed by atoms with E-state index >= 15 is 0 Å². The van der Waals surface area contributed by atoms with Gasteiger partial charge in [-0.3, -0.25) is 9.59 Å². The van der Waals surface area contributed by atoms with Gasteiger partial charge in [-0.1, -0.05) is 5.16 Å². The van der Waals surface area contributed by atoms with E-state index in [1.807, 2.05) is 0 Å². The first-order chi connectivity index (χ1) is 8.74. The Morgan fingerprint density at radius 2 is 2.39 bits per heavy atom. The van der Waals surface area contributed by atoms with Gasteiger partial charge in [-0.25, -0.2) is 0 Å². The van der Waals surface area contributed by atoms with Crippen molar-refractivity contribution in [3.8, 4) is 0 Å². The lowest BCUT2D eigenvalue weighted by molar-refractivity contribution is -0.125. The molecule has 0 saturated carbocycles. The zero-order valence-corrected chi connectivity index (χ0v) is 9.96. The fourth-order valence-electron chi connectivity index (χ4n) is 2.78. The number of carbonyl (C=O) groups excluding carboxylic acids is 2. The highest BCUT2D eigenvalue weighted by molar-refractivity contribution is 5.91. The Morgan fingerprint density at radius 3 is 3.17 bits per heavy atom. The van der Waals surface area contributed by atoms with Gasteiger partial charge in [-0.05, 0) is 18.8 Å². The summed E-state index contributed by atoms with van der Waals surface area (Å²) in [5.41, 5.74) is 0. The van der Waals surface area contributed by atoms with Gasteiger partial charge < -0.3 is 14.7 Å². The normalized spacial score (nSPS) is 27.6. The Balaban J connectivity index is 1.67. The van der Waals surface area contributed by atoms with Crippen LogP contribution in [0, 0.1) is 5.92 Å². The van der Waals surface area contributed by atoms with Gasteiger partial charge in [-0.15, -0.1) is 0 Å². The second kappa shape index (κ2) is 4.44. The van der Waals surface area contributed by atoms with Gasteiger partial charge in [0.05, 0.1) is 6.20 Å². The van der Waals surface area contributed by atoms with E-state index in [0.717, 1.165) is 12.8 Å². The molecular weight excluding hydrogens is 234 g/mol. The topological polar surface area (TPSA) is 75.4 Å². The maximum absolute atomic E-state index is 12.1. The Bertz CT molecular complexity index is 457. The van der Waals surface area contributed by atoms with Gasteiger partial charge in [-0.2, -0.15) is 0 Å². The van der Waals surface area contributed by atoms with E-state index in [1.165, 1.54) is 6.20 Å². The first kappa shape index (κ1) is 11.3. The summed E-state index contributed by atoms with van der Waals surface area (Å²) in [6.45, 7) is 1.34. The zero-order valence-electron chi connectivity index (χ0n) is 9.96. The minimum Gasteiger partial charge on any atom is -0.353 e. The Kier molecular flexibility index (Phi) is 2.77. The van der Waals surface area contributed by atoms with Crippen molar-refractivity contribution >= 4 is 11.8 Å². The molecule has 2 saturated heterocycles. The van der Waals surface area contributed by atoms with Crippen molar-refractivity contribution in [2.75, 3.05) is 13.1 Å². The number of rotatable bonds is 1. The molecule has 1 aromatic heterocycles. The van der Waals surface area contributed by atoms with Crippen LogP contribution in [-0.2, 0) is 4.79 Å². The lowest BCUT2D eigenvalue weighted by atomic mass is 9.85. The molecule has 1 aromatic rings. The van der Waals surface area contributed by atoms with Crippen LogP contribution in [0.3, 0.4) is 0 Å². The number of amides is 2. The Labute approximate surface area is 104 Å². The minimum absolute atomic E-state index is 0.108. The average molecular weight is 249 g/mol. The molecule has 2 aliphatic heterocycles. The van der Waals surface area contributed by atoms with E-state index in [-0.39, 0.29) is 23.6 Å². The van der Waals surface area contributed by atoms with Crippen molar-refractivity contribution in [2.24, 2.45) is 5.92 Å². The first-order valence-corrected chi connectivity index (χ1v) is 6.23. The Morgan fingerprint density at radius 1 is 1.50 bits per heavy atom. The molecular formula is C12H15N3O3. The van der Waals surface area contributed by atoms with E-state index in [9.17, 15) is 9.59 Å². The third kappa shape index (κ3) is 1.98. The third-order valence-corrected chi connectivity index (χ3v) is 3.76. The van der Waals surface area contributed by atoms with Crippen molar-refractivity contribution < 1.29 is 14.1 Å². The van der Waals surface area contributed by atoms with Gasteiger partial charge in [0, 0.05) is 31.6 Å². The summed E-state index contributed by atoms with van der Waals surface area (Å²) in [5.74, 6) is 0.672. The van der Waals surface area contributed by atoms with Crippen molar-refractivity contribution in [3.63, 3.8) is 0 Å². The third-order valence-electron chi connectivity index (χ3n) is 3.76. The standard InChI is InChI=1S/C12H15N3O3/c16-11-2-1-8-7-15(6-4-9(8)14-11)12(17)10-3-5-13-18-10/h3,5,8-9H,1-2,4,6-7H2,(H,14,16). The lowest BCUT2D eigenvalue weighted by Gasteiger charge is -2.41. The molecule has 0 spiro atoms. The van der Waals surface area contributed by atoms with Crippen LogP contribution in [-0.4, -0.2) is 41.0 Å². The summed E-state index contributed by atoms with van der Waals surface area (Å²) in [5, 5.41) is 6.55. The molecule has 2 amide bonds. The van der Waals surface area contributed by atoms with Gasteiger partial charge in [0.1, 0.15) is 0 Å². The quantitative estimate of drug-likeness (QED) is 0.782. The molecule has 2 aliphatic rings. The molecule has 0 radical (unpaired) electrons. The van der Waals surface area contributed by atoms with Crippen molar-refractivity contribution in [1.82, 2.24) is 15.4 Å². The summed E-state index contributed by atoms with van der Waals surface area (Å²) in [6, 6.07) is 1.81. The second-order valence-electron chi connectivity index (χ2n) is 4.89. The molecule has 2 unspecified atom stereocenters. The van der Waals surface area contributed by atoms with E-state index in [0.29, 0.717) is 25.4 Å². The smallest absolute Gasteiger partial charge is 0.292 e. The minimum atomic E-state index is -0.108. The predicted molar refractivity (Wildman–Crippen MR) is 61.7 cm³/mol. The second-order valence-corrected chi connectivity index (χ2v) is 4.89. The maximum atomic E-state index is 12.1. The number of hydrogen-bond donors (Lipinski definition) is 1. The predicted octanol–water partition coefficient (Wildman–Crippen LogP) is 0.415. The maximum Gasteiger partial charge on any atom is 0.292 e. The SMILES string of the molecule is O=C1CCC2CN(C(=O)c3ccno3)CCC2N1. The van der Waals surface area contributed by atoms with E-state index in [2.05, 4.69) is 10.5 Å². The zero-order chi connectivity index (χ0) is 12.5. The van der Waals surface area contributed by atoms with Crippen LogP contribution in [0.2, 0.25) is 0 Å². The molecule has 18 heavy (non-hydrogen) atoms. The van der Waals surface area contributed by atoms with Crippen molar-refractivity contribution in [1.29, 1.82) is 0 Å². The van der Waals surface area contributed by atoms with Crippen LogP contribution in [0.1, 0.15) is 29.8 Å². The summed E-state index contributed by atoms with van der Waals surface area (Å²) in [6.07, 6.45) is 3.71. The first-order valence-electron chi connectivity index (χ1n) is 6.23. The summed E-state index contributed by atoms with van der Waals surface area (Å²) >= 11 is 0. The monoisotopic (exact) mass is 249 g/mol. The fourth-order valence-corrected chi connectivity index (χ4v) is 2.78. The van der Waals surface area contributed by atoms with E-state index < -0.39 is 0 Å². The highest BCUT2D eigenvalue weighted by Gasteiger charge is 2.36. The number of carbonyl (C=O) groups is 2. The van der Waals surface area contributed by atoms with Crippen LogP contribution >= 0.6 is 0 Å². The van der Waals surface area contributed by atoms with Gasteiger partial charge >= 0.3 is 0 Å².